The summed E-state index contributed by atoms with van der Waals surface area (Å²) in [4.78, 5) is 4.59. The van der Waals surface area contributed by atoms with Crippen LogP contribution in [0.15, 0.2) is 42.5 Å². The highest BCUT2D eigenvalue weighted by atomic mass is 35.5. The Morgan fingerprint density at radius 1 is 1.10 bits per heavy atom. The van der Waals surface area contributed by atoms with E-state index in [0.717, 1.165) is 24.4 Å². The first kappa shape index (κ1) is 17.8. The van der Waals surface area contributed by atoms with Gasteiger partial charge in [0.05, 0.1) is 5.69 Å². The van der Waals surface area contributed by atoms with Crippen molar-refractivity contribution in [3.8, 4) is 11.6 Å². The largest absolute Gasteiger partial charge is 0.439 e. The van der Waals surface area contributed by atoms with E-state index in [2.05, 4.69) is 23.3 Å². The maximum Gasteiger partial charge on any atom is 0.219 e. The second kappa shape index (κ2) is 8.23. The van der Waals surface area contributed by atoms with Gasteiger partial charge in [-0.15, -0.1) is 24.8 Å². The Kier molecular flexibility index (Phi) is 6.96. The summed E-state index contributed by atoms with van der Waals surface area (Å²) in [6, 6.07) is 14.4. The molecule has 1 aromatic carbocycles. The van der Waals surface area contributed by atoms with Crippen molar-refractivity contribution in [3.63, 3.8) is 0 Å². The summed E-state index contributed by atoms with van der Waals surface area (Å²) in [7, 11) is 0. The molecular formula is C16H20Cl2N2O. The van der Waals surface area contributed by atoms with Crippen LogP contribution in [0.5, 0.6) is 11.6 Å². The molecule has 114 valence electrons. The maximum absolute atomic E-state index is 5.79. The Morgan fingerprint density at radius 3 is 2.52 bits per heavy atom. The van der Waals surface area contributed by atoms with Gasteiger partial charge in [0.25, 0.3) is 0 Å². The first-order valence-corrected chi connectivity index (χ1v) is 6.76. The molecule has 0 aliphatic carbocycles. The summed E-state index contributed by atoms with van der Waals surface area (Å²) in [5, 5.41) is 3.45. The number of nitrogens with one attached hydrogen (secondary N) is 1. The molecule has 2 aromatic rings. The first-order valence-electron chi connectivity index (χ1n) is 6.76. The quantitative estimate of drug-likeness (QED) is 0.904. The zero-order chi connectivity index (χ0) is 13.1. The number of benzene rings is 1. The van der Waals surface area contributed by atoms with Gasteiger partial charge in [0, 0.05) is 12.1 Å². The highest BCUT2D eigenvalue weighted by Gasteiger charge is 2.17. The lowest BCUT2D eigenvalue weighted by Crippen LogP contribution is -2.14. The van der Waals surface area contributed by atoms with Crippen molar-refractivity contribution >= 4 is 24.8 Å². The molecule has 21 heavy (non-hydrogen) atoms. The number of ether oxygens (including phenoxy) is 1. The molecule has 2 heterocycles. The Labute approximate surface area is 137 Å². The van der Waals surface area contributed by atoms with Crippen LogP contribution in [0.3, 0.4) is 0 Å². The number of hydrogen-bond donors (Lipinski definition) is 1. The summed E-state index contributed by atoms with van der Waals surface area (Å²) in [5.41, 5.74) is 2.30. The minimum Gasteiger partial charge on any atom is -0.439 e. The zero-order valence-corrected chi connectivity index (χ0v) is 13.5. The van der Waals surface area contributed by atoms with Crippen molar-refractivity contribution in [1.82, 2.24) is 10.3 Å². The van der Waals surface area contributed by atoms with E-state index < -0.39 is 0 Å². The standard InChI is InChI=1S/C16H18N2O.2ClH/c1-12-7-9-13(10-8-12)19-16-6-2-4-15(18-16)14-5-3-11-17-14;;/h2,4,6-10,14,17H,3,5,11H2,1H3;2*1H. The lowest BCUT2D eigenvalue weighted by molar-refractivity contribution is 0.456. The minimum atomic E-state index is 0. The van der Waals surface area contributed by atoms with Crippen molar-refractivity contribution in [2.45, 2.75) is 25.8 Å². The average molecular weight is 327 g/mol. The van der Waals surface area contributed by atoms with Crippen LogP contribution in [-0.4, -0.2) is 11.5 Å². The van der Waals surface area contributed by atoms with Gasteiger partial charge >= 0.3 is 0 Å². The van der Waals surface area contributed by atoms with E-state index in [1.165, 1.54) is 12.0 Å². The second-order valence-electron chi connectivity index (χ2n) is 4.96. The van der Waals surface area contributed by atoms with E-state index >= 15 is 0 Å². The number of pyridine rings is 1. The molecule has 5 heteroatoms. The number of rotatable bonds is 3. The van der Waals surface area contributed by atoms with Gasteiger partial charge in [0.15, 0.2) is 0 Å². The first-order chi connectivity index (χ1) is 9.31. The molecule has 0 bridgehead atoms. The molecule has 1 saturated heterocycles. The molecule has 0 spiro atoms. The number of nitrogens with zero attached hydrogens (tertiary/aromatic N) is 1. The average Bonchev–Trinajstić information content (AvgIpc) is 2.96. The van der Waals surface area contributed by atoms with Crippen LogP contribution in [0.25, 0.3) is 0 Å². The molecular weight excluding hydrogens is 307 g/mol. The summed E-state index contributed by atoms with van der Waals surface area (Å²) >= 11 is 0. The van der Waals surface area contributed by atoms with Crippen LogP contribution in [0.4, 0.5) is 0 Å². The maximum atomic E-state index is 5.79. The molecule has 1 N–H and O–H groups in total. The van der Waals surface area contributed by atoms with Gasteiger partial charge in [-0.2, -0.15) is 0 Å². The van der Waals surface area contributed by atoms with E-state index in [1.807, 2.05) is 36.4 Å². The molecule has 0 saturated carbocycles. The van der Waals surface area contributed by atoms with Crippen LogP contribution in [0, 0.1) is 6.92 Å². The topological polar surface area (TPSA) is 34.1 Å². The molecule has 0 radical (unpaired) electrons. The number of aryl methyl sites for hydroxylation is 1. The van der Waals surface area contributed by atoms with E-state index in [1.54, 1.807) is 0 Å². The van der Waals surface area contributed by atoms with E-state index in [-0.39, 0.29) is 24.8 Å². The third-order valence-electron chi connectivity index (χ3n) is 3.41. The number of hydrogen-bond acceptors (Lipinski definition) is 3. The smallest absolute Gasteiger partial charge is 0.219 e. The molecule has 1 aliphatic rings. The van der Waals surface area contributed by atoms with E-state index in [0.29, 0.717) is 11.9 Å². The predicted octanol–water partition coefficient (Wildman–Crippen LogP) is 4.45. The van der Waals surface area contributed by atoms with Crippen LogP contribution in [0.1, 0.15) is 30.1 Å². The van der Waals surface area contributed by atoms with Crippen LogP contribution in [0.2, 0.25) is 0 Å². The van der Waals surface area contributed by atoms with Gasteiger partial charge in [-0.1, -0.05) is 23.8 Å². The Bertz CT molecular complexity index is 554. The summed E-state index contributed by atoms with van der Waals surface area (Å²) < 4.78 is 5.79. The number of halogens is 2. The van der Waals surface area contributed by atoms with Gasteiger partial charge in [-0.05, 0) is 44.5 Å². The predicted molar refractivity (Wildman–Crippen MR) is 90.0 cm³/mol. The lowest BCUT2D eigenvalue weighted by Gasteiger charge is -2.11. The normalized spacial score (nSPS) is 16.7. The van der Waals surface area contributed by atoms with E-state index in [9.17, 15) is 0 Å². The van der Waals surface area contributed by atoms with Crippen LogP contribution < -0.4 is 10.1 Å². The van der Waals surface area contributed by atoms with Gasteiger partial charge in [0.1, 0.15) is 5.75 Å². The Balaban J connectivity index is 0.00000110. The third-order valence-corrected chi connectivity index (χ3v) is 3.41. The van der Waals surface area contributed by atoms with Crippen LogP contribution in [-0.2, 0) is 0 Å². The fraction of sp³-hybridized carbons (Fsp3) is 0.312. The third kappa shape index (κ3) is 4.60. The van der Waals surface area contributed by atoms with Crippen molar-refractivity contribution in [3.05, 3.63) is 53.7 Å². The molecule has 1 aromatic heterocycles. The monoisotopic (exact) mass is 326 g/mol. The molecule has 1 aliphatic heterocycles. The van der Waals surface area contributed by atoms with Gasteiger partial charge < -0.3 is 10.1 Å². The SMILES string of the molecule is Cc1ccc(Oc2cccc(C3CCCN3)n2)cc1.Cl.Cl. The van der Waals surface area contributed by atoms with Gasteiger partial charge in [0.2, 0.25) is 5.88 Å². The van der Waals surface area contributed by atoms with Crippen LogP contribution >= 0.6 is 24.8 Å². The van der Waals surface area contributed by atoms with E-state index in [4.69, 9.17) is 4.74 Å². The van der Waals surface area contributed by atoms with Gasteiger partial charge in [-0.3, -0.25) is 0 Å². The fourth-order valence-electron chi connectivity index (χ4n) is 2.35. The molecule has 3 rings (SSSR count). The summed E-state index contributed by atoms with van der Waals surface area (Å²) in [6.45, 7) is 3.14. The number of aromatic nitrogens is 1. The molecule has 3 nitrogen and oxygen atoms in total. The second-order valence-corrected chi connectivity index (χ2v) is 4.96. The van der Waals surface area contributed by atoms with Crippen molar-refractivity contribution < 1.29 is 4.74 Å². The fourth-order valence-corrected chi connectivity index (χ4v) is 2.35. The molecule has 1 fully saturated rings. The molecule has 1 atom stereocenters. The minimum absolute atomic E-state index is 0. The molecule has 1 unspecified atom stereocenters. The highest BCUT2D eigenvalue weighted by molar-refractivity contribution is 5.85. The summed E-state index contributed by atoms with van der Waals surface area (Å²) in [6.07, 6.45) is 2.37. The molecule has 0 amide bonds. The summed E-state index contributed by atoms with van der Waals surface area (Å²) in [5.74, 6) is 1.49. The van der Waals surface area contributed by atoms with Crippen molar-refractivity contribution in [1.29, 1.82) is 0 Å². The Hall–Kier alpha value is -1.29. The lowest BCUT2D eigenvalue weighted by atomic mass is 10.1. The van der Waals surface area contributed by atoms with Crippen molar-refractivity contribution in [2.24, 2.45) is 0 Å². The van der Waals surface area contributed by atoms with Crippen molar-refractivity contribution in [2.75, 3.05) is 6.54 Å². The Morgan fingerprint density at radius 2 is 1.86 bits per heavy atom. The van der Waals surface area contributed by atoms with Gasteiger partial charge in [-0.25, -0.2) is 4.98 Å². The highest BCUT2D eigenvalue weighted by Crippen LogP contribution is 2.25. The zero-order valence-electron chi connectivity index (χ0n) is 11.9.